The molecule has 0 aliphatic carbocycles. The first-order valence-corrected chi connectivity index (χ1v) is 6.81. The molecular formula is C16H17ClN2O. The molecule has 20 heavy (non-hydrogen) atoms. The second-order valence-electron chi connectivity index (χ2n) is 4.61. The van der Waals surface area contributed by atoms with Crippen molar-refractivity contribution in [3.63, 3.8) is 0 Å². The van der Waals surface area contributed by atoms with Gasteiger partial charge in [0.05, 0.1) is 6.42 Å². The number of hydrogen-bond donors (Lipinski definition) is 2. The number of benzene rings is 2. The molecule has 1 amide bonds. The van der Waals surface area contributed by atoms with Crippen molar-refractivity contribution in [3.05, 3.63) is 64.2 Å². The van der Waals surface area contributed by atoms with Gasteiger partial charge in [-0.05, 0) is 35.7 Å². The van der Waals surface area contributed by atoms with Crippen LogP contribution < -0.4 is 11.1 Å². The highest BCUT2D eigenvalue weighted by Gasteiger charge is 2.09. The van der Waals surface area contributed by atoms with Gasteiger partial charge in [-0.3, -0.25) is 4.79 Å². The lowest BCUT2D eigenvalue weighted by molar-refractivity contribution is -0.115. The zero-order valence-corrected chi connectivity index (χ0v) is 12.1. The molecule has 0 aliphatic rings. The van der Waals surface area contributed by atoms with Gasteiger partial charge >= 0.3 is 0 Å². The third kappa shape index (κ3) is 3.38. The Balaban J connectivity index is 2.11. The van der Waals surface area contributed by atoms with Crippen LogP contribution in [0.4, 0.5) is 5.69 Å². The number of carbonyl (C=O) groups excluding carboxylic acids is 1. The quantitative estimate of drug-likeness (QED) is 0.907. The van der Waals surface area contributed by atoms with Crippen molar-refractivity contribution >= 4 is 23.2 Å². The van der Waals surface area contributed by atoms with E-state index in [1.165, 1.54) is 0 Å². The van der Waals surface area contributed by atoms with Crippen LogP contribution in [0.15, 0.2) is 42.5 Å². The fraction of sp³-hybridized carbons (Fsp3) is 0.188. The summed E-state index contributed by atoms with van der Waals surface area (Å²) in [7, 11) is 0. The molecule has 0 heterocycles. The van der Waals surface area contributed by atoms with E-state index >= 15 is 0 Å². The van der Waals surface area contributed by atoms with Gasteiger partial charge in [0.15, 0.2) is 0 Å². The van der Waals surface area contributed by atoms with Crippen LogP contribution >= 0.6 is 11.6 Å². The van der Waals surface area contributed by atoms with Gasteiger partial charge in [-0.15, -0.1) is 0 Å². The smallest absolute Gasteiger partial charge is 0.228 e. The molecule has 2 aromatic rings. The maximum Gasteiger partial charge on any atom is 0.228 e. The van der Waals surface area contributed by atoms with E-state index in [4.69, 9.17) is 17.3 Å². The molecule has 0 fully saturated rings. The zero-order chi connectivity index (χ0) is 14.5. The molecule has 0 atom stereocenters. The van der Waals surface area contributed by atoms with Crippen LogP contribution in [0, 0.1) is 6.92 Å². The van der Waals surface area contributed by atoms with Crippen LogP contribution in [0.3, 0.4) is 0 Å². The Kier molecular flexibility index (Phi) is 4.77. The lowest BCUT2D eigenvalue weighted by Gasteiger charge is -2.11. The van der Waals surface area contributed by atoms with Crippen molar-refractivity contribution in [1.29, 1.82) is 0 Å². The van der Waals surface area contributed by atoms with Crippen LogP contribution in [-0.4, -0.2) is 5.91 Å². The standard InChI is InChI=1S/C16H17ClN2O/c1-11-14(17)7-4-8-15(11)19-16(20)9-12-5-2-3-6-13(12)10-18/h2-8H,9-10,18H2,1H3,(H,19,20). The highest BCUT2D eigenvalue weighted by atomic mass is 35.5. The summed E-state index contributed by atoms with van der Waals surface area (Å²) < 4.78 is 0. The topological polar surface area (TPSA) is 55.1 Å². The average Bonchev–Trinajstić information content (AvgIpc) is 2.44. The van der Waals surface area contributed by atoms with Gasteiger partial charge in [-0.2, -0.15) is 0 Å². The van der Waals surface area contributed by atoms with E-state index < -0.39 is 0 Å². The Bertz CT molecular complexity index is 626. The van der Waals surface area contributed by atoms with Gasteiger partial charge in [0.2, 0.25) is 5.91 Å². The van der Waals surface area contributed by atoms with Gasteiger partial charge in [-0.25, -0.2) is 0 Å². The van der Waals surface area contributed by atoms with E-state index in [1.54, 1.807) is 6.07 Å². The summed E-state index contributed by atoms with van der Waals surface area (Å²) in [6.07, 6.45) is 0.305. The fourth-order valence-electron chi connectivity index (χ4n) is 2.04. The van der Waals surface area contributed by atoms with E-state index in [0.29, 0.717) is 18.0 Å². The molecule has 2 aromatic carbocycles. The Labute approximate surface area is 123 Å². The van der Waals surface area contributed by atoms with E-state index in [9.17, 15) is 4.79 Å². The zero-order valence-electron chi connectivity index (χ0n) is 11.3. The molecule has 4 heteroatoms. The molecule has 3 N–H and O–H groups in total. The van der Waals surface area contributed by atoms with Crippen LogP contribution in [0.25, 0.3) is 0 Å². The normalized spacial score (nSPS) is 10.3. The fourth-order valence-corrected chi connectivity index (χ4v) is 2.21. The number of rotatable bonds is 4. The third-order valence-corrected chi connectivity index (χ3v) is 3.64. The summed E-state index contributed by atoms with van der Waals surface area (Å²) >= 11 is 6.04. The molecule has 0 saturated heterocycles. The van der Waals surface area contributed by atoms with Gasteiger partial charge in [0, 0.05) is 17.3 Å². The number of anilines is 1. The minimum atomic E-state index is -0.0729. The first-order valence-electron chi connectivity index (χ1n) is 6.43. The highest BCUT2D eigenvalue weighted by molar-refractivity contribution is 6.31. The van der Waals surface area contributed by atoms with Crippen molar-refractivity contribution in [2.24, 2.45) is 5.73 Å². The molecule has 0 spiro atoms. The van der Waals surface area contributed by atoms with E-state index in [0.717, 1.165) is 22.4 Å². The van der Waals surface area contributed by atoms with Crippen LogP contribution in [0.2, 0.25) is 5.02 Å². The summed E-state index contributed by atoms with van der Waals surface area (Å²) in [6, 6.07) is 13.2. The van der Waals surface area contributed by atoms with Crippen molar-refractivity contribution in [2.75, 3.05) is 5.32 Å². The van der Waals surface area contributed by atoms with Crippen molar-refractivity contribution < 1.29 is 4.79 Å². The average molecular weight is 289 g/mol. The summed E-state index contributed by atoms with van der Waals surface area (Å²) in [6.45, 7) is 2.31. The second kappa shape index (κ2) is 6.55. The highest BCUT2D eigenvalue weighted by Crippen LogP contribution is 2.23. The SMILES string of the molecule is Cc1c(Cl)cccc1NC(=O)Cc1ccccc1CN. The van der Waals surface area contributed by atoms with Gasteiger partial charge < -0.3 is 11.1 Å². The van der Waals surface area contributed by atoms with E-state index in [1.807, 2.05) is 43.3 Å². The Hall–Kier alpha value is -1.84. The Morgan fingerprint density at radius 3 is 2.55 bits per heavy atom. The number of amides is 1. The van der Waals surface area contributed by atoms with Crippen LogP contribution in [0.5, 0.6) is 0 Å². The predicted octanol–water partition coefficient (Wildman–Crippen LogP) is 3.29. The molecular weight excluding hydrogens is 272 g/mol. The van der Waals surface area contributed by atoms with E-state index in [2.05, 4.69) is 5.32 Å². The first kappa shape index (κ1) is 14.6. The number of hydrogen-bond acceptors (Lipinski definition) is 2. The predicted molar refractivity (Wildman–Crippen MR) is 82.9 cm³/mol. The summed E-state index contributed by atoms with van der Waals surface area (Å²) in [4.78, 5) is 12.1. The molecule has 0 unspecified atom stereocenters. The van der Waals surface area contributed by atoms with Crippen molar-refractivity contribution in [2.45, 2.75) is 19.9 Å². The molecule has 0 bridgehead atoms. The lowest BCUT2D eigenvalue weighted by atomic mass is 10.0. The molecule has 0 radical (unpaired) electrons. The van der Waals surface area contributed by atoms with Crippen molar-refractivity contribution in [3.8, 4) is 0 Å². The van der Waals surface area contributed by atoms with Gasteiger partial charge in [-0.1, -0.05) is 41.9 Å². The Morgan fingerprint density at radius 1 is 1.15 bits per heavy atom. The second-order valence-corrected chi connectivity index (χ2v) is 5.02. The van der Waals surface area contributed by atoms with Gasteiger partial charge in [0.1, 0.15) is 0 Å². The third-order valence-electron chi connectivity index (χ3n) is 3.23. The molecule has 3 nitrogen and oxygen atoms in total. The number of halogens is 1. The molecule has 2 rings (SSSR count). The molecule has 0 aliphatic heterocycles. The Morgan fingerprint density at radius 2 is 1.85 bits per heavy atom. The maximum absolute atomic E-state index is 12.1. The lowest BCUT2D eigenvalue weighted by Crippen LogP contribution is -2.16. The van der Waals surface area contributed by atoms with Crippen LogP contribution in [-0.2, 0) is 17.8 Å². The minimum Gasteiger partial charge on any atom is -0.326 e. The van der Waals surface area contributed by atoms with Gasteiger partial charge in [0.25, 0.3) is 0 Å². The monoisotopic (exact) mass is 288 g/mol. The van der Waals surface area contributed by atoms with Crippen LogP contribution in [0.1, 0.15) is 16.7 Å². The number of nitrogens with two attached hydrogens (primary N) is 1. The number of carbonyl (C=O) groups is 1. The summed E-state index contributed by atoms with van der Waals surface area (Å²) in [5.41, 5.74) is 9.23. The molecule has 104 valence electrons. The minimum absolute atomic E-state index is 0.0729. The largest absolute Gasteiger partial charge is 0.326 e. The van der Waals surface area contributed by atoms with Crippen molar-refractivity contribution in [1.82, 2.24) is 0 Å². The number of nitrogens with one attached hydrogen (secondary N) is 1. The molecule has 0 saturated carbocycles. The summed E-state index contributed by atoms with van der Waals surface area (Å²) in [5, 5.41) is 3.53. The maximum atomic E-state index is 12.1. The van der Waals surface area contributed by atoms with E-state index in [-0.39, 0.29) is 5.91 Å². The first-order chi connectivity index (χ1) is 9.61. The molecule has 0 aromatic heterocycles. The summed E-state index contributed by atoms with van der Waals surface area (Å²) in [5.74, 6) is -0.0729.